The number of unbranched alkanes of at least 4 members (excludes halogenated alkanes) is 4. The molecule has 20 heavy (non-hydrogen) atoms. The van der Waals surface area contributed by atoms with Crippen LogP contribution in [-0.4, -0.2) is 11.0 Å². The number of benzene rings is 1. The van der Waals surface area contributed by atoms with E-state index in [9.17, 15) is 0 Å². The van der Waals surface area contributed by atoms with Crippen LogP contribution in [0, 0.1) is 0 Å². The van der Waals surface area contributed by atoms with Crippen molar-refractivity contribution in [3.05, 3.63) is 35.4 Å². The number of nitrogens with zero attached hydrogens (tertiary/aromatic N) is 1. The van der Waals surface area contributed by atoms with Crippen LogP contribution in [0.3, 0.4) is 0 Å². The first kappa shape index (κ1) is 14.9. The van der Waals surface area contributed by atoms with Crippen LogP contribution in [0.4, 0.5) is 0 Å². The summed E-state index contributed by atoms with van der Waals surface area (Å²) < 4.78 is 5.80. The van der Waals surface area contributed by atoms with Crippen LogP contribution >= 0.6 is 0 Å². The first-order valence-electron chi connectivity index (χ1n) is 7.52. The van der Waals surface area contributed by atoms with E-state index < -0.39 is 0 Å². The number of hydrogen-bond donors (Lipinski definition) is 2. The second kappa shape index (κ2) is 7.90. The van der Waals surface area contributed by atoms with Crippen molar-refractivity contribution in [3.63, 3.8) is 0 Å². The first-order chi connectivity index (χ1) is 9.83. The van der Waals surface area contributed by atoms with Crippen molar-refractivity contribution >= 4 is 5.90 Å². The first-order valence-corrected chi connectivity index (χ1v) is 7.52. The summed E-state index contributed by atoms with van der Waals surface area (Å²) in [6.45, 7) is 2.29. The quantitative estimate of drug-likeness (QED) is 0.715. The van der Waals surface area contributed by atoms with E-state index in [2.05, 4.69) is 17.5 Å². The average molecular weight is 276 g/mol. The summed E-state index contributed by atoms with van der Waals surface area (Å²) in [6, 6.07) is 7.73. The van der Waals surface area contributed by atoms with Gasteiger partial charge in [-0.05, 0) is 12.0 Å². The fraction of sp³-hybridized carbons (Fsp3) is 0.562. The van der Waals surface area contributed by atoms with Crippen LogP contribution in [-0.2, 0) is 11.3 Å². The molecule has 1 unspecified atom stereocenters. The number of hydrazone groups is 1. The Labute approximate surface area is 120 Å². The van der Waals surface area contributed by atoms with E-state index >= 15 is 0 Å². The van der Waals surface area contributed by atoms with Crippen LogP contribution in [0.1, 0.15) is 62.8 Å². The molecule has 1 atom stereocenters. The summed E-state index contributed by atoms with van der Waals surface area (Å²) in [4.78, 5) is 0. The average Bonchev–Trinajstić information content (AvgIpc) is 2.96. The molecular weight excluding hydrogens is 252 g/mol. The third-order valence-electron chi connectivity index (χ3n) is 3.52. The molecular formula is C16H24N2O2. The number of aliphatic hydroxyl groups is 1. The van der Waals surface area contributed by atoms with E-state index in [4.69, 9.17) is 9.84 Å². The molecule has 0 aliphatic carbocycles. The van der Waals surface area contributed by atoms with Gasteiger partial charge < -0.3 is 9.84 Å². The second-order valence-corrected chi connectivity index (χ2v) is 5.20. The molecule has 1 aliphatic rings. The van der Waals surface area contributed by atoms with E-state index in [0.717, 1.165) is 29.9 Å². The van der Waals surface area contributed by atoms with Gasteiger partial charge in [0.15, 0.2) is 0 Å². The van der Waals surface area contributed by atoms with E-state index in [-0.39, 0.29) is 12.8 Å². The third-order valence-corrected chi connectivity index (χ3v) is 3.52. The van der Waals surface area contributed by atoms with Gasteiger partial charge >= 0.3 is 0 Å². The van der Waals surface area contributed by atoms with Gasteiger partial charge in [-0.1, -0.05) is 56.9 Å². The molecule has 1 aromatic carbocycles. The van der Waals surface area contributed by atoms with Gasteiger partial charge in [0.05, 0.1) is 6.61 Å². The Morgan fingerprint density at radius 2 is 1.90 bits per heavy atom. The van der Waals surface area contributed by atoms with Crippen LogP contribution < -0.4 is 5.43 Å². The lowest BCUT2D eigenvalue weighted by atomic mass is 10.1. The number of ether oxygens (including phenoxy) is 1. The smallest absolute Gasteiger partial charge is 0.212 e. The molecule has 0 radical (unpaired) electrons. The maximum Gasteiger partial charge on any atom is 0.212 e. The molecule has 0 aromatic heterocycles. The fourth-order valence-corrected chi connectivity index (χ4v) is 2.25. The molecule has 0 amide bonds. The highest BCUT2D eigenvalue weighted by Crippen LogP contribution is 2.21. The zero-order valence-corrected chi connectivity index (χ0v) is 12.1. The maximum atomic E-state index is 9.03. The predicted molar refractivity (Wildman–Crippen MR) is 80.1 cm³/mol. The van der Waals surface area contributed by atoms with Crippen LogP contribution in [0.25, 0.3) is 0 Å². The van der Waals surface area contributed by atoms with Gasteiger partial charge in [0, 0.05) is 12.0 Å². The highest BCUT2D eigenvalue weighted by molar-refractivity contribution is 5.77. The Balaban J connectivity index is 1.73. The molecule has 0 spiro atoms. The minimum Gasteiger partial charge on any atom is -0.450 e. The molecule has 1 aromatic rings. The predicted octanol–water partition coefficient (Wildman–Crippen LogP) is 3.47. The van der Waals surface area contributed by atoms with Gasteiger partial charge in [0.25, 0.3) is 0 Å². The zero-order chi connectivity index (χ0) is 14.2. The molecule has 110 valence electrons. The number of rotatable bonds is 8. The Bertz CT molecular complexity index is 429. The topological polar surface area (TPSA) is 53.9 Å². The monoisotopic (exact) mass is 276 g/mol. The number of aliphatic hydroxyl groups excluding tert-OH is 1. The van der Waals surface area contributed by atoms with Gasteiger partial charge in [0.2, 0.25) is 12.1 Å². The van der Waals surface area contributed by atoms with Crippen molar-refractivity contribution in [1.29, 1.82) is 0 Å². The Hall–Kier alpha value is -1.55. The third kappa shape index (κ3) is 4.23. The lowest BCUT2D eigenvalue weighted by molar-refractivity contribution is 0.186. The minimum atomic E-state index is -0.187. The molecule has 4 heteroatoms. The second-order valence-electron chi connectivity index (χ2n) is 5.20. The van der Waals surface area contributed by atoms with Gasteiger partial charge in [-0.25, -0.2) is 0 Å². The fourth-order valence-electron chi connectivity index (χ4n) is 2.25. The van der Waals surface area contributed by atoms with E-state index in [1.165, 1.54) is 25.7 Å². The van der Waals surface area contributed by atoms with Crippen molar-refractivity contribution in [3.8, 4) is 0 Å². The SMILES string of the molecule is CCCCCCCC1=NNC(c2ccc(CO)cc2)O1. The highest BCUT2D eigenvalue weighted by atomic mass is 16.5. The largest absolute Gasteiger partial charge is 0.450 e. The summed E-state index contributed by atoms with van der Waals surface area (Å²) in [6.07, 6.45) is 6.97. The van der Waals surface area contributed by atoms with Crippen molar-refractivity contribution in [2.24, 2.45) is 5.10 Å². The zero-order valence-electron chi connectivity index (χ0n) is 12.1. The molecule has 2 rings (SSSR count). The normalized spacial score (nSPS) is 17.5. The van der Waals surface area contributed by atoms with E-state index in [0.29, 0.717) is 0 Å². The van der Waals surface area contributed by atoms with Crippen LogP contribution in [0.15, 0.2) is 29.4 Å². The lowest BCUT2D eigenvalue weighted by Gasteiger charge is -2.11. The van der Waals surface area contributed by atoms with E-state index in [1.807, 2.05) is 24.3 Å². The molecule has 1 aliphatic heterocycles. The van der Waals surface area contributed by atoms with Gasteiger partial charge in [-0.15, -0.1) is 5.10 Å². The summed E-state index contributed by atoms with van der Waals surface area (Å²) in [7, 11) is 0. The van der Waals surface area contributed by atoms with Gasteiger partial charge in [-0.3, -0.25) is 5.43 Å². The summed E-state index contributed by atoms with van der Waals surface area (Å²) >= 11 is 0. The summed E-state index contributed by atoms with van der Waals surface area (Å²) in [5.41, 5.74) is 4.96. The number of hydrogen-bond acceptors (Lipinski definition) is 4. The van der Waals surface area contributed by atoms with Gasteiger partial charge in [-0.2, -0.15) is 0 Å². The van der Waals surface area contributed by atoms with Crippen LogP contribution in [0.2, 0.25) is 0 Å². The molecule has 0 bridgehead atoms. The molecule has 1 heterocycles. The van der Waals surface area contributed by atoms with E-state index in [1.54, 1.807) is 0 Å². The van der Waals surface area contributed by atoms with Crippen molar-refractivity contribution in [2.75, 3.05) is 0 Å². The molecule has 4 nitrogen and oxygen atoms in total. The standard InChI is InChI=1S/C16H24N2O2/c1-2-3-4-5-6-7-15-17-18-16(20-15)14-10-8-13(12-19)9-11-14/h8-11,16,18-19H,2-7,12H2,1H3. The molecule has 0 fully saturated rings. The van der Waals surface area contributed by atoms with Crippen molar-refractivity contribution in [2.45, 2.75) is 58.3 Å². The summed E-state index contributed by atoms with van der Waals surface area (Å²) in [5.74, 6) is 0.803. The minimum absolute atomic E-state index is 0.0682. The highest BCUT2D eigenvalue weighted by Gasteiger charge is 2.20. The molecule has 0 saturated carbocycles. The Morgan fingerprint density at radius 1 is 1.15 bits per heavy atom. The van der Waals surface area contributed by atoms with Gasteiger partial charge in [0.1, 0.15) is 0 Å². The lowest BCUT2D eigenvalue weighted by Crippen LogP contribution is -2.12. The van der Waals surface area contributed by atoms with Crippen molar-refractivity contribution in [1.82, 2.24) is 5.43 Å². The molecule has 2 N–H and O–H groups in total. The summed E-state index contributed by atoms with van der Waals surface area (Å²) in [5, 5.41) is 13.3. The van der Waals surface area contributed by atoms with Crippen molar-refractivity contribution < 1.29 is 9.84 Å². The van der Waals surface area contributed by atoms with Crippen LogP contribution in [0.5, 0.6) is 0 Å². The number of nitrogens with one attached hydrogen (secondary N) is 1. The maximum absolute atomic E-state index is 9.03. The Kier molecular flexibility index (Phi) is 5.87. The Morgan fingerprint density at radius 3 is 2.60 bits per heavy atom. The molecule has 0 saturated heterocycles.